The van der Waals surface area contributed by atoms with Gasteiger partial charge in [0.1, 0.15) is 18.9 Å². The van der Waals surface area contributed by atoms with Crippen LogP contribution in [0.3, 0.4) is 0 Å². The van der Waals surface area contributed by atoms with Crippen LogP contribution in [0.15, 0.2) is 42.0 Å². The number of nitrogens with zero attached hydrogens (tertiary/aromatic N) is 4. The molecule has 0 aliphatic carbocycles. The van der Waals surface area contributed by atoms with E-state index >= 15 is 0 Å². The number of benzene rings is 1. The van der Waals surface area contributed by atoms with Gasteiger partial charge in [-0.15, -0.1) is 10.2 Å². The van der Waals surface area contributed by atoms with E-state index in [4.69, 9.17) is 0 Å². The SMILES string of the molecule is O=Cc1ccc(/C=N\n2cnnc2)cc1. The van der Waals surface area contributed by atoms with Crippen molar-refractivity contribution >= 4 is 12.5 Å². The predicted molar refractivity (Wildman–Crippen MR) is 54.8 cm³/mol. The third-order valence-corrected chi connectivity index (χ3v) is 1.82. The minimum Gasteiger partial charge on any atom is -0.298 e. The minimum atomic E-state index is 0.649. The fourth-order valence-corrected chi connectivity index (χ4v) is 1.05. The molecule has 0 saturated heterocycles. The molecule has 5 heteroatoms. The highest BCUT2D eigenvalue weighted by atomic mass is 16.1. The fraction of sp³-hybridized carbons (Fsp3) is 0. The molecule has 0 spiro atoms. The standard InChI is InChI=1S/C10H8N4O/c15-6-10-3-1-9(2-4-10)5-13-14-7-11-12-8-14/h1-8H/b13-5-. The highest BCUT2D eigenvalue weighted by molar-refractivity contribution is 5.82. The van der Waals surface area contributed by atoms with Gasteiger partial charge < -0.3 is 0 Å². The van der Waals surface area contributed by atoms with E-state index in [2.05, 4.69) is 15.3 Å². The first-order valence-electron chi connectivity index (χ1n) is 4.33. The zero-order chi connectivity index (χ0) is 10.5. The first-order chi connectivity index (χ1) is 7.38. The van der Waals surface area contributed by atoms with Crippen LogP contribution < -0.4 is 0 Å². The summed E-state index contributed by atoms with van der Waals surface area (Å²) in [6.45, 7) is 0. The van der Waals surface area contributed by atoms with Crippen molar-refractivity contribution < 1.29 is 4.79 Å². The van der Waals surface area contributed by atoms with Gasteiger partial charge >= 0.3 is 0 Å². The molecule has 5 nitrogen and oxygen atoms in total. The highest BCUT2D eigenvalue weighted by Crippen LogP contribution is 1.99. The number of carbonyl (C=O) groups is 1. The number of aldehydes is 1. The molecule has 0 aliphatic heterocycles. The van der Waals surface area contributed by atoms with Gasteiger partial charge in [0.15, 0.2) is 0 Å². The number of aromatic nitrogens is 3. The van der Waals surface area contributed by atoms with E-state index in [-0.39, 0.29) is 0 Å². The lowest BCUT2D eigenvalue weighted by Gasteiger charge is -1.93. The van der Waals surface area contributed by atoms with Crippen LogP contribution >= 0.6 is 0 Å². The first kappa shape index (κ1) is 9.26. The zero-order valence-electron chi connectivity index (χ0n) is 7.82. The van der Waals surface area contributed by atoms with Crippen LogP contribution in [-0.4, -0.2) is 27.4 Å². The largest absolute Gasteiger partial charge is 0.298 e. The van der Waals surface area contributed by atoms with E-state index in [1.54, 1.807) is 18.3 Å². The van der Waals surface area contributed by atoms with Crippen LogP contribution in [-0.2, 0) is 0 Å². The Morgan fingerprint density at radius 3 is 2.27 bits per heavy atom. The summed E-state index contributed by atoms with van der Waals surface area (Å²) in [6.07, 6.45) is 5.46. The summed E-state index contributed by atoms with van der Waals surface area (Å²) in [7, 11) is 0. The molecule has 2 aromatic rings. The summed E-state index contributed by atoms with van der Waals surface area (Å²) in [4.78, 5) is 10.4. The van der Waals surface area contributed by atoms with Gasteiger partial charge in [-0.3, -0.25) is 4.79 Å². The van der Waals surface area contributed by atoms with E-state index in [1.807, 2.05) is 12.1 Å². The van der Waals surface area contributed by atoms with E-state index in [0.717, 1.165) is 11.8 Å². The van der Waals surface area contributed by atoms with Gasteiger partial charge in [0, 0.05) is 5.56 Å². The number of hydrogen-bond donors (Lipinski definition) is 0. The molecule has 0 atom stereocenters. The lowest BCUT2D eigenvalue weighted by molar-refractivity contribution is 0.112. The molecule has 0 saturated carbocycles. The Morgan fingerprint density at radius 1 is 1.07 bits per heavy atom. The van der Waals surface area contributed by atoms with Crippen molar-refractivity contribution in [3.63, 3.8) is 0 Å². The molecule has 0 bridgehead atoms. The minimum absolute atomic E-state index is 0.649. The van der Waals surface area contributed by atoms with Crippen molar-refractivity contribution in [1.82, 2.24) is 14.9 Å². The summed E-state index contributed by atoms with van der Waals surface area (Å²) in [6, 6.07) is 7.11. The summed E-state index contributed by atoms with van der Waals surface area (Å²) in [5.41, 5.74) is 1.56. The van der Waals surface area contributed by atoms with Crippen LogP contribution in [0.25, 0.3) is 0 Å². The molecule has 0 unspecified atom stereocenters. The lowest BCUT2D eigenvalue weighted by atomic mass is 10.2. The fourth-order valence-electron chi connectivity index (χ4n) is 1.05. The van der Waals surface area contributed by atoms with Gasteiger partial charge in [0.05, 0.1) is 6.21 Å². The molecule has 0 radical (unpaired) electrons. The maximum Gasteiger partial charge on any atom is 0.150 e. The Balaban J connectivity index is 2.14. The monoisotopic (exact) mass is 200 g/mol. The van der Waals surface area contributed by atoms with Crippen molar-refractivity contribution in [2.45, 2.75) is 0 Å². The Labute approximate surface area is 86.1 Å². The molecule has 1 aromatic heterocycles. The van der Waals surface area contributed by atoms with E-state index in [0.29, 0.717) is 5.56 Å². The molecule has 2 rings (SSSR count). The maximum absolute atomic E-state index is 10.4. The smallest absolute Gasteiger partial charge is 0.150 e. The molecular formula is C10H8N4O. The zero-order valence-corrected chi connectivity index (χ0v) is 7.82. The van der Waals surface area contributed by atoms with E-state index in [1.165, 1.54) is 17.3 Å². The van der Waals surface area contributed by atoms with Crippen molar-refractivity contribution in [2.75, 3.05) is 0 Å². The third kappa shape index (κ3) is 2.34. The van der Waals surface area contributed by atoms with Crippen LogP contribution in [0.2, 0.25) is 0 Å². The lowest BCUT2D eigenvalue weighted by Crippen LogP contribution is -1.88. The predicted octanol–water partition coefficient (Wildman–Crippen LogP) is 0.973. The quantitative estimate of drug-likeness (QED) is 0.548. The third-order valence-electron chi connectivity index (χ3n) is 1.82. The van der Waals surface area contributed by atoms with Gasteiger partial charge in [0.25, 0.3) is 0 Å². The molecule has 15 heavy (non-hydrogen) atoms. The van der Waals surface area contributed by atoms with Crippen molar-refractivity contribution in [3.8, 4) is 0 Å². The van der Waals surface area contributed by atoms with Gasteiger partial charge in [-0.1, -0.05) is 24.3 Å². The Bertz CT molecular complexity index is 459. The van der Waals surface area contributed by atoms with E-state index < -0.39 is 0 Å². The molecule has 1 heterocycles. The molecule has 0 N–H and O–H groups in total. The Hall–Kier alpha value is -2.30. The Morgan fingerprint density at radius 2 is 1.67 bits per heavy atom. The topological polar surface area (TPSA) is 60.1 Å². The molecule has 0 amide bonds. The summed E-state index contributed by atoms with van der Waals surface area (Å²) < 4.78 is 1.49. The average Bonchev–Trinajstić information content (AvgIpc) is 2.80. The second-order valence-corrected chi connectivity index (χ2v) is 2.87. The summed E-state index contributed by atoms with van der Waals surface area (Å²) in [5.74, 6) is 0. The molecule has 74 valence electrons. The van der Waals surface area contributed by atoms with Gasteiger partial charge in [-0.2, -0.15) is 5.10 Å². The average molecular weight is 200 g/mol. The van der Waals surface area contributed by atoms with Crippen molar-refractivity contribution in [1.29, 1.82) is 0 Å². The molecule has 0 fully saturated rings. The number of rotatable bonds is 3. The van der Waals surface area contributed by atoms with Gasteiger partial charge in [-0.05, 0) is 5.56 Å². The van der Waals surface area contributed by atoms with Crippen LogP contribution in [0.5, 0.6) is 0 Å². The normalized spacial score (nSPS) is 10.7. The Kier molecular flexibility index (Phi) is 2.64. The van der Waals surface area contributed by atoms with Crippen LogP contribution in [0, 0.1) is 0 Å². The second kappa shape index (κ2) is 4.28. The van der Waals surface area contributed by atoms with Crippen molar-refractivity contribution in [2.24, 2.45) is 5.10 Å². The van der Waals surface area contributed by atoms with Gasteiger partial charge in [-0.25, -0.2) is 4.68 Å². The molecule has 1 aromatic carbocycles. The first-order valence-corrected chi connectivity index (χ1v) is 4.33. The second-order valence-electron chi connectivity index (χ2n) is 2.87. The molecular weight excluding hydrogens is 192 g/mol. The summed E-state index contributed by atoms with van der Waals surface area (Å²) >= 11 is 0. The van der Waals surface area contributed by atoms with Crippen LogP contribution in [0.4, 0.5) is 0 Å². The van der Waals surface area contributed by atoms with Gasteiger partial charge in [0.2, 0.25) is 0 Å². The van der Waals surface area contributed by atoms with Crippen LogP contribution in [0.1, 0.15) is 15.9 Å². The number of hydrogen-bond acceptors (Lipinski definition) is 4. The van der Waals surface area contributed by atoms with E-state index in [9.17, 15) is 4.79 Å². The molecule has 0 aliphatic rings. The number of carbonyl (C=O) groups excluding carboxylic acids is 1. The highest BCUT2D eigenvalue weighted by Gasteiger charge is 1.90. The maximum atomic E-state index is 10.4. The van der Waals surface area contributed by atoms with Crippen molar-refractivity contribution in [3.05, 3.63) is 48.0 Å². The summed E-state index contributed by atoms with van der Waals surface area (Å²) in [5, 5.41) is 11.3.